The van der Waals surface area contributed by atoms with E-state index in [9.17, 15) is 14.9 Å². The van der Waals surface area contributed by atoms with Gasteiger partial charge in [0.15, 0.2) is 11.0 Å². The van der Waals surface area contributed by atoms with E-state index in [0.717, 1.165) is 0 Å². The van der Waals surface area contributed by atoms with Crippen molar-refractivity contribution >= 4 is 52.2 Å². The average molecular weight is 494 g/mol. The number of hydrogen-bond donors (Lipinski definition) is 1. The number of nitro groups is 1. The first-order valence-corrected chi connectivity index (χ1v) is 11.5. The van der Waals surface area contributed by atoms with Crippen LogP contribution in [0.3, 0.4) is 0 Å². The van der Waals surface area contributed by atoms with Crippen LogP contribution in [0, 0.1) is 23.0 Å². The fourth-order valence-corrected chi connectivity index (χ4v) is 4.31. The van der Waals surface area contributed by atoms with Gasteiger partial charge in [-0.15, -0.1) is 10.2 Å². The Morgan fingerprint density at radius 2 is 2.00 bits per heavy atom. The molecule has 1 amide bonds. The summed E-state index contributed by atoms with van der Waals surface area (Å²) in [6.45, 7) is 6.45. The van der Waals surface area contributed by atoms with Crippen LogP contribution in [0.25, 0.3) is 11.4 Å². The zero-order chi connectivity index (χ0) is 23.4. The monoisotopic (exact) mass is 493 g/mol. The Morgan fingerprint density at radius 3 is 2.66 bits per heavy atom. The number of benzene rings is 2. The van der Waals surface area contributed by atoms with E-state index in [1.807, 2.05) is 4.57 Å². The number of nitrogens with one attached hydrogen (secondary N) is 1. The topological polar surface area (TPSA) is 103 Å². The summed E-state index contributed by atoms with van der Waals surface area (Å²) in [5, 5.41) is 24.0. The quantitative estimate of drug-likeness (QED) is 0.239. The van der Waals surface area contributed by atoms with Gasteiger partial charge in [-0.3, -0.25) is 14.9 Å². The first-order chi connectivity index (χ1) is 15.2. The van der Waals surface area contributed by atoms with E-state index in [1.165, 1.54) is 17.8 Å². The highest BCUT2D eigenvalue weighted by Gasteiger charge is 2.21. The molecule has 0 fully saturated rings. The Balaban J connectivity index is 1.82. The summed E-state index contributed by atoms with van der Waals surface area (Å²) >= 11 is 13.6. The number of thioether (sulfide) groups is 1. The number of rotatable bonds is 8. The number of hydrogen-bond acceptors (Lipinski definition) is 6. The summed E-state index contributed by atoms with van der Waals surface area (Å²) in [7, 11) is 0. The summed E-state index contributed by atoms with van der Waals surface area (Å²) in [6.07, 6.45) is 0. The van der Waals surface area contributed by atoms with E-state index in [-0.39, 0.29) is 23.0 Å². The van der Waals surface area contributed by atoms with Crippen LogP contribution in [0.4, 0.5) is 11.4 Å². The van der Waals surface area contributed by atoms with Gasteiger partial charge in [0.25, 0.3) is 5.69 Å². The van der Waals surface area contributed by atoms with Gasteiger partial charge in [0.1, 0.15) is 5.69 Å². The maximum atomic E-state index is 12.6. The number of amides is 1. The van der Waals surface area contributed by atoms with Gasteiger partial charge in [0.2, 0.25) is 5.91 Å². The van der Waals surface area contributed by atoms with E-state index in [2.05, 4.69) is 29.4 Å². The smallest absolute Gasteiger partial charge is 0.293 e. The molecule has 0 radical (unpaired) electrons. The molecule has 0 spiro atoms. The van der Waals surface area contributed by atoms with Gasteiger partial charge in [-0.1, -0.05) is 60.9 Å². The van der Waals surface area contributed by atoms with Crippen molar-refractivity contribution in [2.45, 2.75) is 32.5 Å². The molecule has 3 aromatic rings. The van der Waals surface area contributed by atoms with Crippen molar-refractivity contribution in [3.05, 3.63) is 62.1 Å². The van der Waals surface area contributed by atoms with E-state index in [4.69, 9.17) is 23.2 Å². The van der Waals surface area contributed by atoms with Gasteiger partial charge in [-0.05, 0) is 36.6 Å². The van der Waals surface area contributed by atoms with Gasteiger partial charge in [-0.2, -0.15) is 0 Å². The molecule has 0 saturated carbocycles. The number of aromatic nitrogens is 3. The number of halogens is 2. The second kappa shape index (κ2) is 10.3. The minimum absolute atomic E-state index is 0.00999. The molecule has 0 aliphatic heterocycles. The zero-order valence-electron chi connectivity index (χ0n) is 17.6. The summed E-state index contributed by atoms with van der Waals surface area (Å²) in [4.78, 5) is 23.3. The summed E-state index contributed by atoms with van der Waals surface area (Å²) < 4.78 is 1.91. The van der Waals surface area contributed by atoms with Crippen LogP contribution in [-0.4, -0.2) is 31.3 Å². The van der Waals surface area contributed by atoms with E-state index < -0.39 is 4.92 Å². The molecule has 1 aromatic heterocycles. The molecule has 2 aromatic carbocycles. The van der Waals surface area contributed by atoms with Crippen LogP contribution >= 0.6 is 35.0 Å². The lowest BCUT2D eigenvalue weighted by molar-refractivity contribution is -0.384. The van der Waals surface area contributed by atoms with Crippen molar-refractivity contribution < 1.29 is 9.72 Å². The third kappa shape index (κ3) is 5.59. The Morgan fingerprint density at radius 1 is 1.25 bits per heavy atom. The summed E-state index contributed by atoms with van der Waals surface area (Å²) in [6, 6.07) is 9.79. The van der Waals surface area contributed by atoms with E-state index in [1.54, 1.807) is 37.3 Å². The first kappa shape index (κ1) is 24.0. The molecule has 3 rings (SSSR count). The third-order valence-electron chi connectivity index (χ3n) is 4.48. The van der Waals surface area contributed by atoms with Gasteiger partial charge >= 0.3 is 0 Å². The fraction of sp³-hybridized carbons (Fsp3) is 0.286. The van der Waals surface area contributed by atoms with Gasteiger partial charge < -0.3 is 9.88 Å². The second-order valence-electron chi connectivity index (χ2n) is 7.50. The second-order valence-corrected chi connectivity index (χ2v) is 9.28. The molecule has 0 saturated heterocycles. The Labute approximate surface area is 199 Å². The Bertz CT molecular complexity index is 1170. The van der Waals surface area contributed by atoms with Crippen molar-refractivity contribution in [3.8, 4) is 11.4 Å². The normalized spacial score (nSPS) is 11.1. The molecule has 1 heterocycles. The number of carbonyl (C=O) groups excluding carboxylic acids is 1. The molecule has 1 N–H and O–H groups in total. The lowest BCUT2D eigenvalue weighted by atomic mass is 10.1. The molecule has 0 aliphatic carbocycles. The fourth-order valence-electron chi connectivity index (χ4n) is 3.07. The standard InChI is InChI=1S/C21H21Cl2N5O3S/c1-12(2)10-27-20(15-8-7-14(22)9-16(15)23)25-26-21(27)32-11-18(29)24-19-13(3)5-4-6-17(19)28(30)31/h4-9,12H,10-11H2,1-3H3,(H,24,29). The van der Waals surface area contributed by atoms with Crippen molar-refractivity contribution in [1.82, 2.24) is 14.8 Å². The SMILES string of the molecule is Cc1cccc([N+](=O)[O-])c1NC(=O)CSc1nnc(-c2ccc(Cl)cc2Cl)n1CC(C)C. The van der Waals surface area contributed by atoms with Gasteiger partial charge in [-0.25, -0.2) is 0 Å². The van der Waals surface area contributed by atoms with Crippen molar-refractivity contribution in [1.29, 1.82) is 0 Å². The number of anilines is 1. The molecule has 0 unspecified atom stereocenters. The molecule has 11 heteroatoms. The third-order valence-corrected chi connectivity index (χ3v) is 6.00. The lowest BCUT2D eigenvalue weighted by Crippen LogP contribution is -2.17. The van der Waals surface area contributed by atoms with Crippen molar-refractivity contribution in [2.75, 3.05) is 11.1 Å². The van der Waals surface area contributed by atoms with Crippen LogP contribution in [-0.2, 0) is 11.3 Å². The number of aryl methyl sites for hydroxylation is 1. The van der Waals surface area contributed by atoms with Gasteiger partial charge in [0, 0.05) is 23.2 Å². The van der Waals surface area contributed by atoms with Crippen LogP contribution in [0.15, 0.2) is 41.6 Å². The highest BCUT2D eigenvalue weighted by molar-refractivity contribution is 7.99. The van der Waals surface area contributed by atoms with Crippen molar-refractivity contribution in [2.24, 2.45) is 5.92 Å². The number of carbonyl (C=O) groups is 1. The minimum atomic E-state index is -0.517. The van der Waals surface area contributed by atoms with Crippen LogP contribution in [0.2, 0.25) is 10.0 Å². The Hall–Kier alpha value is -2.62. The molecule has 0 bridgehead atoms. The zero-order valence-corrected chi connectivity index (χ0v) is 20.0. The highest BCUT2D eigenvalue weighted by Crippen LogP contribution is 2.32. The molecular weight excluding hydrogens is 473 g/mol. The maximum Gasteiger partial charge on any atom is 0.293 e. The summed E-state index contributed by atoms with van der Waals surface area (Å²) in [5.41, 5.74) is 1.35. The summed E-state index contributed by atoms with van der Waals surface area (Å²) in [5.74, 6) is 0.504. The highest BCUT2D eigenvalue weighted by atomic mass is 35.5. The number of nitrogens with zero attached hydrogens (tertiary/aromatic N) is 4. The minimum Gasteiger partial charge on any atom is -0.319 e. The van der Waals surface area contributed by atoms with Crippen molar-refractivity contribution in [3.63, 3.8) is 0 Å². The molecular formula is C21H21Cl2N5O3S. The lowest BCUT2D eigenvalue weighted by Gasteiger charge is -2.13. The van der Waals surface area contributed by atoms with E-state index >= 15 is 0 Å². The molecule has 0 atom stereocenters. The molecule has 8 nitrogen and oxygen atoms in total. The predicted octanol–water partition coefficient (Wildman–Crippen LogP) is 5.86. The van der Waals surface area contributed by atoms with Crippen LogP contribution in [0.1, 0.15) is 19.4 Å². The molecule has 168 valence electrons. The maximum absolute atomic E-state index is 12.6. The largest absolute Gasteiger partial charge is 0.319 e. The van der Waals surface area contributed by atoms with Crippen LogP contribution in [0.5, 0.6) is 0 Å². The predicted molar refractivity (Wildman–Crippen MR) is 128 cm³/mol. The van der Waals surface area contributed by atoms with Gasteiger partial charge in [0.05, 0.1) is 15.7 Å². The molecule has 32 heavy (non-hydrogen) atoms. The Kier molecular flexibility index (Phi) is 7.76. The number of nitro benzene ring substituents is 1. The number of para-hydroxylation sites is 1. The molecule has 0 aliphatic rings. The first-order valence-electron chi connectivity index (χ1n) is 9.72. The average Bonchev–Trinajstić information content (AvgIpc) is 3.09. The van der Waals surface area contributed by atoms with Crippen LogP contribution < -0.4 is 5.32 Å². The van der Waals surface area contributed by atoms with E-state index in [0.29, 0.717) is 44.6 Å².